The van der Waals surface area contributed by atoms with E-state index in [4.69, 9.17) is 16.4 Å². The standard InChI is InChI=1S/C13H17N5O/c1-7(2)9-5-10(8(3)4-12(9)19)17-18-11(6-14)13(15)16/h4-5,7,17,19H,1-3H3,(H3,15,16)/b18-11+. The van der Waals surface area contributed by atoms with E-state index in [9.17, 15) is 5.11 Å². The lowest BCUT2D eigenvalue weighted by molar-refractivity contribution is 0.464. The summed E-state index contributed by atoms with van der Waals surface area (Å²) in [4.78, 5) is 0. The molecule has 0 spiro atoms. The summed E-state index contributed by atoms with van der Waals surface area (Å²) < 4.78 is 0. The van der Waals surface area contributed by atoms with Crippen molar-refractivity contribution in [3.05, 3.63) is 23.3 Å². The van der Waals surface area contributed by atoms with Gasteiger partial charge in [-0.05, 0) is 36.1 Å². The van der Waals surface area contributed by atoms with E-state index in [-0.39, 0.29) is 17.4 Å². The van der Waals surface area contributed by atoms with Gasteiger partial charge in [0.1, 0.15) is 11.8 Å². The van der Waals surface area contributed by atoms with E-state index in [0.717, 1.165) is 11.1 Å². The van der Waals surface area contributed by atoms with Crippen LogP contribution in [-0.4, -0.2) is 16.7 Å². The number of aryl methyl sites for hydroxylation is 1. The zero-order valence-corrected chi connectivity index (χ0v) is 11.2. The molecule has 6 heteroatoms. The number of nitriles is 1. The summed E-state index contributed by atoms with van der Waals surface area (Å²) in [5.74, 6) is -0.00186. The van der Waals surface area contributed by atoms with Gasteiger partial charge in [-0.25, -0.2) is 0 Å². The molecule has 1 rings (SSSR count). The number of rotatable bonds is 4. The first-order chi connectivity index (χ1) is 8.86. The smallest absolute Gasteiger partial charge is 0.201 e. The second kappa shape index (κ2) is 5.87. The first-order valence-corrected chi connectivity index (χ1v) is 5.78. The molecule has 0 amide bonds. The summed E-state index contributed by atoms with van der Waals surface area (Å²) in [5.41, 5.74) is 9.95. The number of amidine groups is 1. The summed E-state index contributed by atoms with van der Waals surface area (Å²) >= 11 is 0. The second-order valence-corrected chi connectivity index (χ2v) is 4.48. The molecule has 0 aliphatic heterocycles. The van der Waals surface area contributed by atoms with Gasteiger partial charge >= 0.3 is 0 Å². The highest BCUT2D eigenvalue weighted by Gasteiger charge is 2.10. The van der Waals surface area contributed by atoms with Gasteiger partial charge in [-0.1, -0.05) is 13.8 Å². The van der Waals surface area contributed by atoms with Gasteiger partial charge in [-0.3, -0.25) is 10.8 Å². The lowest BCUT2D eigenvalue weighted by Gasteiger charge is -2.13. The Bertz CT molecular complexity index is 569. The Hall–Kier alpha value is -2.55. The summed E-state index contributed by atoms with van der Waals surface area (Å²) in [7, 11) is 0. The Morgan fingerprint density at radius 1 is 1.53 bits per heavy atom. The zero-order valence-electron chi connectivity index (χ0n) is 11.2. The zero-order chi connectivity index (χ0) is 14.6. The molecule has 0 fully saturated rings. The molecule has 1 aromatic carbocycles. The largest absolute Gasteiger partial charge is 0.508 e. The number of benzene rings is 1. The van der Waals surface area contributed by atoms with Crippen LogP contribution in [0.2, 0.25) is 0 Å². The van der Waals surface area contributed by atoms with E-state index >= 15 is 0 Å². The molecule has 0 saturated carbocycles. The second-order valence-electron chi connectivity index (χ2n) is 4.48. The Balaban J connectivity index is 3.12. The molecule has 0 atom stereocenters. The third-order valence-electron chi connectivity index (χ3n) is 2.64. The van der Waals surface area contributed by atoms with Crippen LogP contribution in [-0.2, 0) is 0 Å². The van der Waals surface area contributed by atoms with E-state index in [1.165, 1.54) is 0 Å². The molecule has 6 nitrogen and oxygen atoms in total. The normalized spacial score (nSPS) is 11.2. The first kappa shape index (κ1) is 14.5. The van der Waals surface area contributed by atoms with Crippen LogP contribution in [0.3, 0.4) is 0 Å². The van der Waals surface area contributed by atoms with Crippen molar-refractivity contribution in [1.82, 2.24) is 0 Å². The monoisotopic (exact) mass is 259 g/mol. The number of nitrogens with two attached hydrogens (primary N) is 1. The van der Waals surface area contributed by atoms with Gasteiger partial charge < -0.3 is 10.8 Å². The lowest BCUT2D eigenvalue weighted by Crippen LogP contribution is -2.22. The maximum atomic E-state index is 9.83. The number of hydrogen-bond acceptors (Lipinski definition) is 5. The van der Waals surface area contributed by atoms with Crippen LogP contribution in [0.4, 0.5) is 5.69 Å². The molecule has 0 aromatic heterocycles. The first-order valence-electron chi connectivity index (χ1n) is 5.78. The van der Waals surface area contributed by atoms with Crippen LogP contribution in [0.25, 0.3) is 0 Å². The van der Waals surface area contributed by atoms with Gasteiger partial charge in [0, 0.05) is 0 Å². The van der Waals surface area contributed by atoms with Gasteiger partial charge in [0.15, 0.2) is 5.84 Å². The number of nitrogens with zero attached hydrogens (tertiary/aromatic N) is 2. The average molecular weight is 259 g/mol. The number of hydrogen-bond donors (Lipinski definition) is 4. The van der Waals surface area contributed by atoms with Gasteiger partial charge in [0.05, 0.1) is 5.69 Å². The average Bonchev–Trinajstić information content (AvgIpc) is 2.31. The van der Waals surface area contributed by atoms with Crippen LogP contribution >= 0.6 is 0 Å². The number of phenolic OH excluding ortho intramolecular Hbond substituents is 1. The molecule has 0 heterocycles. The van der Waals surface area contributed by atoms with Crippen molar-refractivity contribution in [3.63, 3.8) is 0 Å². The van der Waals surface area contributed by atoms with E-state index in [1.54, 1.807) is 18.2 Å². The Labute approximate surface area is 112 Å². The Morgan fingerprint density at radius 2 is 2.16 bits per heavy atom. The molecule has 0 aliphatic carbocycles. The molecule has 0 saturated heterocycles. The summed E-state index contributed by atoms with van der Waals surface area (Å²) in [6, 6.07) is 5.13. The molecule has 19 heavy (non-hydrogen) atoms. The highest BCUT2D eigenvalue weighted by Crippen LogP contribution is 2.31. The van der Waals surface area contributed by atoms with Crippen molar-refractivity contribution in [3.8, 4) is 11.8 Å². The van der Waals surface area contributed by atoms with Crippen molar-refractivity contribution in [2.75, 3.05) is 5.43 Å². The number of nitrogens with one attached hydrogen (secondary N) is 2. The Kier molecular flexibility index (Phi) is 4.48. The summed E-state index contributed by atoms with van der Waals surface area (Å²) in [6.45, 7) is 5.74. The number of aromatic hydroxyl groups is 1. The number of anilines is 1. The third-order valence-corrected chi connectivity index (χ3v) is 2.64. The maximum Gasteiger partial charge on any atom is 0.201 e. The van der Waals surface area contributed by atoms with Gasteiger partial charge in [0.25, 0.3) is 0 Å². The topological polar surface area (TPSA) is 118 Å². The molecule has 0 unspecified atom stereocenters. The van der Waals surface area contributed by atoms with Crippen molar-refractivity contribution in [1.29, 1.82) is 10.7 Å². The van der Waals surface area contributed by atoms with Crippen LogP contribution in [0.15, 0.2) is 17.2 Å². The summed E-state index contributed by atoms with van der Waals surface area (Å²) in [6.07, 6.45) is 0. The fourth-order valence-corrected chi connectivity index (χ4v) is 1.55. The van der Waals surface area contributed by atoms with E-state index in [2.05, 4.69) is 10.5 Å². The quantitative estimate of drug-likeness (QED) is 0.286. The van der Waals surface area contributed by atoms with Crippen molar-refractivity contribution < 1.29 is 5.11 Å². The van der Waals surface area contributed by atoms with Crippen molar-refractivity contribution in [2.45, 2.75) is 26.7 Å². The number of phenols is 1. The number of hydrazone groups is 1. The highest BCUT2D eigenvalue weighted by molar-refractivity contribution is 6.45. The predicted molar refractivity (Wildman–Crippen MR) is 75.5 cm³/mol. The van der Waals surface area contributed by atoms with Crippen molar-refractivity contribution in [2.24, 2.45) is 10.8 Å². The van der Waals surface area contributed by atoms with Crippen LogP contribution in [0, 0.1) is 23.7 Å². The van der Waals surface area contributed by atoms with Crippen molar-refractivity contribution >= 4 is 17.2 Å². The minimum Gasteiger partial charge on any atom is -0.508 e. The molecule has 5 N–H and O–H groups in total. The summed E-state index contributed by atoms with van der Waals surface area (Å²) in [5, 5.41) is 29.5. The molecular weight excluding hydrogens is 242 g/mol. The molecule has 0 aliphatic rings. The van der Waals surface area contributed by atoms with Gasteiger partial charge in [-0.2, -0.15) is 10.4 Å². The molecule has 0 radical (unpaired) electrons. The highest BCUT2D eigenvalue weighted by atomic mass is 16.3. The van der Waals surface area contributed by atoms with E-state index < -0.39 is 5.84 Å². The molecular formula is C13H17N5O. The Morgan fingerprint density at radius 3 is 2.63 bits per heavy atom. The molecule has 1 aromatic rings. The van der Waals surface area contributed by atoms with Gasteiger partial charge in [-0.15, -0.1) is 0 Å². The lowest BCUT2D eigenvalue weighted by atomic mass is 9.99. The fraction of sp³-hybridized carbons (Fsp3) is 0.308. The van der Waals surface area contributed by atoms with E-state index in [1.807, 2.05) is 20.8 Å². The van der Waals surface area contributed by atoms with E-state index in [0.29, 0.717) is 5.69 Å². The van der Waals surface area contributed by atoms with Gasteiger partial charge in [0.2, 0.25) is 5.71 Å². The minimum absolute atomic E-state index is 0.161. The predicted octanol–water partition coefficient (Wildman–Crippen LogP) is 2.05. The van der Waals surface area contributed by atoms with Crippen LogP contribution in [0.5, 0.6) is 5.75 Å². The van der Waals surface area contributed by atoms with Crippen LogP contribution < -0.4 is 11.2 Å². The molecule has 100 valence electrons. The minimum atomic E-state index is -0.393. The van der Waals surface area contributed by atoms with Crippen LogP contribution in [0.1, 0.15) is 30.9 Å². The SMILES string of the molecule is Cc1cc(O)c(C(C)C)cc1N/N=C(\C#N)C(=N)N. The third kappa shape index (κ3) is 3.45. The maximum absolute atomic E-state index is 9.83. The fourth-order valence-electron chi connectivity index (χ4n) is 1.55. The molecule has 0 bridgehead atoms.